The molecule has 1 aromatic carbocycles. The number of alkyl halides is 1. The zero-order valence-corrected chi connectivity index (χ0v) is 8.28. The minimum absolute atomic E-state index is 0.366. The number of hydrogen-bond acceptors (Lipinski definition) is 3. The molecule has 1 aliphatic heterocycles. The highest BCUT2D eigenvalue weighted by atomic mass is 35.5. The van der Waals surface area contributed by atoms with Gasteiger partial charge >= 0.3 is 0 Å². The van der Waals surface area contributed by atoms with Crippen molar-refractivity contribution in [2.24, 2.45) is 0 Å². The Morgan fingerprint density at radius 2 is 2.07 bits per heavy atom. The molecule has 4 nitrogen and oxygen atoms in total. The molecule has 1 atom stereocenters. The van der Waals surface area contributed by atoms with Crippen LogP contribution in [-0.2, 0) is 9.94 Å². The lowest BCUT2D eigenvalue weighted by Gasteiger charge is -2.17. The van der Waals surface area contributed by atoms with Crippen LogP contribution in [0.2, 0.25) is 0 Å². The highest BCUT2D eigenvalue weighted by Gasteiger charge is 2.44. The monoisotopic (exact) mass is 212 g/mol. The summed E-state index contributed by atoms with van der Waals surface area (Å²) in [6.07, 6.45) is 0. The topological polar surface area (TPSA) is 47.3 Å². The van der Waals surface area contributed by atoms with E-state index in [9.17, 15) is 5.21 Å². The second-order valence-electron chi connectivity index (χ2n) is 3.06. The Labute approximate surface area is 86.2 Å². The first-order valence-corrected chi connectivity index (χ1v) is 4.52. The van der Waals surface area contributed by atoms with Crippen molar-refractivity contribution in [1.29, 1.82) is 0 Å². The molecule has 0 fully saturated rings. The van der Waals surface area contributed by atoms with E-state index in [-0.39, 0.29) is 0 Å². The van der Waals surface area contributed by atoms with Crippen LogP contribution in [0.15, 0.2) is 30.3 Å². The molecule has 0 spiro atoms. The van der Waals surface area contributed by atoms with Crippen molar-refractivity contribution in [1.82, 2.24) is 5.48 Å². The summed E-state index contributed by atoms with van der Waals surface area (Å²) < 4.78 is 0. The molecule has 2 rings (SSSR count). The molecule has 0 amide bonds. The first kappa shape index (κ1) is 9.30. The molecule has 0 aliphatic carbocycles. The summed E-state index contributed by atoms with van der Waals surface area (Å²) in [7, 11) is 0. The summed E-state index contributed by atoms with van der Waals surface area (Å²) in [5, 5.41) is 11.1. The molecule has 0 saturated heterocycles. The van der Waals surface area contributed by atoms with Gasteiger partial charge in [-0.25, -0.2) is 0 Å². The van der Waals surface area contributed by atoms with Gasteiger partial charge in [-0.05, 0) is 5.56 Å². The van der Waals surface area contributed by atoms with Crippen LogP contribution in [0.25, 0.3) is 0 Å². The Bertz CT molecular complexity index is 380. The van der Waals surface area contributed by atoms with Gasteiger partial charge in [0, 0.05) is 6.92 Å². The van der Waals surface area contributed by atoms with Crippen LogP contribution in [-0.4, -0.2) is 10.6 Å². The van der Waals surface area contributed by atoms with E-state index in [1.165, 1.54) is 0 Å². The van der Waals surface area contributed by atoms with Crippen molar-refractivity contribution in [3.63, 3.8) is 0 Å². The van der Waals surface area contributed by atoms with Gasteiger partial charge < -0.3 is 4.94 Å². The van der Waals surface area contributed by atoms with E-state index in [1.54, 1.807) is 6.92 Å². The second-order valence-corrected chi connectivity index (χ2v) is 3.63. The van der Waals surface area contributed by atoms with Crippen LogP contribution in [0, 0.1) is 5.21 Å². The molecule has 1 aromatic rings. The SMILES string of the molecule is CC1=[N+]([O-])ONC1(Cl)c1ccccc1. The minimum atomic E-state index is -1.05. The van der Waals surface area contributed by atoms with Gasteiger partial charge in [-0.15, -0.1) is 0 Å². The maximum Gasteiger partial charge on any atom is 0.261 e. The predicted octanol–water partition coefficient (Wildman–Crippen LogP) is 1.50. The molecule has 0 radical (unpaired) electrons. The standard InChI is InChI=1S/C9H9ClN2O2/c1-7-9(10,11-14-12(7)13)8-5-3-2-4-6-8/h2-6,11H,1H3. The van der Waals surface area contributed by atoms with Gasteiger partial charge in [-0.2, -0.15) is 5.48 Å². The Kier molecular flexibility index (Phi) is 2.09. The summed E-state index contributed by atoms with van der Waals surface area (Å²) in [6.45, 7) is 1.62. The Balaban J connectivity index is 2.45. The third-order valence-corrected chi connectivity index (χ3v) is 2.78. The number of rotatable bonds is 1. The van der Waals surface area contributed by atoms with E-state index < -0.39 is 5.00 Å². The molecule has 1 N–H and O–H groups in total. The average Bonchev–Trinajstić information content (AvgIpc) is 2.49. The molecular formula is C9H9ClN2O2. The second kappa shape index (κ2) is 3.15. The highest BCUT2D eigenvalue weighted by Crippen LogP contribution is 2.30. The zero-order valence-electron chi connectivity index (χ0n) is 7.53. The summed E-state index contributed by atoms with van der Waals surface area (Å²) in [6, 6.07) is 9.23. The predicted molar refractivity (Wildman–Crippen MR) is 52.5 cm³/mol. The van der Waals surface area contributed by atoms with E-state index in [4.69, 9.17) is 11.6 Å². The molecule has 1 aliphatic rings. The normalized spacial score (nSPS) is 26.4. The van der Waals surface area contributed by atoms with Crippen LogP contribution in [0.5, 0.6) is 0 Å². The summed E-state index contributed by atoms with van der Waals surface area (Å²) in [5.74, 6) is 0. The maximum absolute atomic E-state index is 11.1. The molecule has 0 saturated carbocycles. The van der Waals surface area contributed by atoms with Crippen molar-refractivity contribution in [3.8, 4) is 0 Å². The summed E-state index contributed by atoms with van der Waals surface area (Å²) in [5.41, 5.74) is 3.63. The number of nitrogens with zero attached hydrogens (tertiary/aromatic N) is 1. The number of benzene rings is 1. The molecule has 74 valence electrons. The largest absolute Gasteiger partial charge is 0.319 e. The lowest BCUT2D eigenvalue weighted by molar-refractivity contribution is -0.748. The first-order chi connectivity index (χ1) is 6.64. The van der Waals surface area contributed by atoms with Crippen LogP contribution >= 0.6 is 11.6 Å². The molecule has 14 heavy (non-hydrogen) atoms. The van der Waals surface area contributed by atoms with Gasteiger partial charge in [0.25, 0.3) is 5.71 Å². The molecule has 0 aromatic heterocycles. The van der Waals surface area contributed by atoms with Gasteiger partial charge in [0.2, 0.25) is 5.00 Å². The summed E-state index contributed by atoms with van der Waals surface area (Å²) >= 11 is 6.23. The van der Waals surface area contributed by atoms with Gasteiger partial charge in [-0.1, -0.05) is 41.9 Å². The van der Waals surface area contributed by atoms with Crippen LogP contribution in [0.1, 0.15) is 12.5 Å². The van der Waals surface area contributed by atoms with Crippen molar-refractivity contribution >= 4 is 17.3 Å². The van der Waals surface area contributed by atoms with E-state index in [1.807, 2.05) is 30.3 Å². The lowest BCUT2D eigenvalue weighted by atomic mass is 10.0. The fourth-order valence-corrected chi connectivity index (χ4v) is 1.54. The minimum Gasteiger partial charge on any atom is -0.319 e. The summed E-state index contributed by atoms with van der Waals surface area (Å²) in [4.78, 5) is 3.92. The number of halogens is 1. The Morgan fingerprint density at radius 3 is 2.57 bits per heavy atom. The fourth-order valence-electron chi connectivity index (χ4n) is 1.31. The van der Waals surface area contributed by atoms with Gasteiger partial charge in [0.15, 0.2) is 0 Å². The third kappa shape index (κ3) is 1.23. The number of hydrogen-bond donors (Lipinski definition) is 1. The smallest absolute Gasteiger partial charge is 0.261 e. The first-order valence-electron chi connectivity index (χ1n) is 4.14. The van der Waals surface area contributed by atoms with Crippen molar-refractivity contribution in [2.75, 3.05) is 0 Å². The zero-order chi connectivity index (χ0) is 10.2. The third-order valence-electron chi connectivity index (χ3n) is 2.21. The highest BCUT2D eigenvalue weighted by molar-refractivity contribution is 6.34. The van der Waals surface area contributed by atoms with E-state index in [2.05, 4.69) is 10.4 Å². The van der Waals surface area contributed by atoms with Crippen LogP contribution < -0.4 is 5.48 Å². The fraction of sp³-hybridized carbons (Fsp3) is 0.222. The van der Waals surface area contributed by atoms with E-state index in [0.717, 1.165) is 5.56 Å². The molecule has 0 bridgehead atoms. The molecule has 5 heteroatoms. The average molecular weight is 213 g/mol. The maximum atomic E-state index is 11.1. The van der Waals surface area contributed by atoms with Gasteiger partial charge in [0.1, 0.15) is 0 Å². The van der Waals surface area contributed by atoms with Crippen molar-refractivity contribution in [2.45, 2.75) is 11.9 Å². The van der Waals surface area contributed by atoms with Crippen LogP contribution in [0.4, 0.5) is 0 Å². The van der Waals surface area contributed by atoms with Crippen molar-refractivity contribution in [3.05, 3.63) is 41.1 Å². The van der Waals surface area contributed by atoms with Crippen LogP contribution in [0.3, 0.4) is 0 Å². The van der Waals surface area contributed by atoms with E-state index >= 15 is 0 Å². The Hall–Kier alpha value is -1.26. The molecule has 1 unspecified atom stereocenters. The number of hydroxylamine groups is 1. The lowest BCUT2D eigenvalue weighted by Crippen LogP contribution is -2.37. The quantitative estimate of drug-likeness (QED) is 0.436. The Morgan fingerprint density at radius 1 is 1.43 bits per heavy atom. The van der Waals surface area contributed by atoms with Gasteiger partial charge in [0.05, 0.1) is 4.90 Å². The van der Waals surface area contributed by atoms with Crippen molar-refractivity contribution < 1.29 is 9.84 Å². The number of nitrogens with one attached hydrogen (secondary N) is 1. The van der Waals surface area contributed by atoms with E-state index in [0.29, 0.717) is 10.6 Å². The molecular weight excluding hydrogens is 204 g/mol. The van der Waals surface area contributed by atoms with Gasteiger partial charge in [-0.3, -0.25) is 5.21 Å². The molecule has 1 heterocycles.